The van der Waals surface area contributed by atoms with Gasteiger partial charge in [-0.3, -0.25) is 0 Å². The summed E-state index contributed by atoms with van der Waals surface area (Å²) in [5.41, 5.74) is 1.12. The molecule has 1 aliphatic rings. The van der Waals surface area contributed by atoms with Crippen LogP contribution >= 0.6 is 12.4 Å². The number of halogens is 1. The Kier molecular flexibility index (Phi) is 7.29. The molecule has 0 fully saturated rings. The molecule has 0 aromatic heterocycles. The molecule has 0 saturated carbocycles. The second-order valence-electron chi connectivity index (χ2n) is 5.53. The van der Waals surface area contributed by atoms with Crippen LogP contribution in [0.2, 0.25) is 0 Å². The molecule has 120 valence electrons. The zero-order valence-corrected chi connectivity index (χ0v) is 13.8. The molecule has 1 aromatic rings. The fourth-order valence-electron chi connectivity index (χ4n) is 2.35. The Morgan fingerprint density at radius 2 is 2.19 bits per heavy atom. The summed E-state index contributed by atoms with van der Waals surface area (Å²) in [4.78, 5) is 0. The molecule has 2 rings (SSSR count). The number of rotatable bonds is 6. The lowest BCUT2D eigenvalue weighted by atomic mass is 10.00. The van der Waals surface area contributed by atoms with Crippen molar-refractivity contribution in [2.45, 2.75) is 51.9 Å². The number of nitrogens with one attached hydrogen (secondary N) is 1. The van der Waals surface area contributed by atoms with Crippen molar-refractivity contribution < 1.29 is 14.6 Å². The summed E-state index contributed by atoms with van der Waals surface area (Å²) in [7, 11) is 0. The van der Waals surface area contributed by atoms with Crippen molar-refractivity contribution in [1.82, 2.24) is 5.32 Å². The molecule has 0 spiro atoms. The van der Waals surface area contributed by atoms with Crippen molar-refractivity contribution in [2.24, 2.45) is 0 Å². The van der Waals surface area contributed by atoms with Gasteiger partial charge in [0.25, 0.3) is 0 Å². The third-order valence-corrected chi connectivity index (χ3v) is 3.46. The van der Waals surface area contributed by atoms with Gasteiger partial charge in [-0.25, -0.2) is 0 Å². The van der Waals surface area contributed by atoms with E-state index in [2.05, 4.69) is 5.32 Å². The van der Waals surface area contributed by atoms with Gasteiger partial charge < -0.3 is 19.9 Å². The fourth-order valence-corrected chi connectivity index (χ4v) is 2.35. The van der Waals surface area contributed by atoms with E-state index in [9.17, 15) is 5.11 Å². The molecule has 0 radical (unpaired) electrons. The highest BCUT2D eigenvalue weighted by atomic mass is 35.5. The van der Waals surface area contributed by atoms with Crippen LogP contribution < -0.4 is 14.8 Å². The molecule has 4 nitrogen and oxygen atoms in total. The molecule has 1 aliphatic heterocycles. The van der Waals surface area contributed by atoms with E-state index < -0.39 is 0 Å². The maximum absolute atomic E-state index is 9.69. The van der Waals surface area contributed by atoms with E-state index in [0.717, 1.165) is 29.9 Å². The second kappa shape index (κ2) is 8.47. The van der Waals surface area contributed by atoms with Crippen LogP contribution in [0, 0.1) is 0 Å². The quantitative estimate of drug-likeness (QED) is 0.847. The van der Waals surface area contributed by atoms with E-state index >= 15 is 0 Å². The van der Waals surface area contributed by atoms with Crippen LogP contribution in [0.1, 0.15) is 45.2 Å². The Morgan fingerprint density at radius 1 is 1.43 bits per heavy atom. The highest BCUT2D eigenvalue weighted by molar-refractivity contribution is 5.85. The average Bonchev–Trinajstić information content (AvgIpc) is 2.44. The first-order valence-corrected chi connectivity index (χ1v) is 7.45. The standard InChI is InChI=1S/C16H25NO3.ClH/c1-4-12(18)10-17-15-7-8-19-16-6-5-13(9-14(15)16)20-11(2)3;/h5-6,9,11-12,15,17-18H,4,7-8,10H2,1-3H3;1H/t12?,15-;/m0./s1. The first kappa shape index (κ1) is 18.1. The van der Waals surface area contributed by atoms with E-state index in [1.165, 1.54) is 0 Å². The number of aliphatic hydroxyl groups excluding tert-OH is 1. The van der Waals surface area contributed by atoms with Gasteiger partial charge in [0.05, 0.1) is 18.8 Å². The van der Waals surface area contributed by atoms with Crippen molar-refractivity contribution in [1.29, 1.82) is 0 Å². The van der Waals surface area contributed by atoms with Crippen molar-refractivity contribution in [3.8, 4) is 11.5 Å². The molecule has 21 heavy (non-hydrogen) atoms. The molecule has 0 amide bonds. The molecule has 0 saturated heterocycles. The summed E-state index contributed by atoms with van der Waals surface area (Å²) in [5, 5.41) is 13.1. The van der Waals surface area contributed by atoms with Gasteiger partial charge in [-0.1, -0.05) is 6.92 Å². The molecule has 2 N–H and O–H groups in total. The SMILES string of the molecule is CCC(O)CN[C@H]1CCOc2ccc(OC(C)C)cc21.Cl. The number of ether oxygens (including phenoxy) is 2. The minimum Gasteiger partial charge on any atom is -0.493 e. The normalized spacial score (nSPS) is 18.4. The van der Waals surface area contributed by atoms with Gasteiger partial charge >= 0.3 is 0 Å². The minimum atomic E-state index is -0.295. The lowest BCUT2D eigenvalue weighted by molar-refractivity contribution is 0.156. The number of aliphatic hydroxyl groups is 1. The van der Waals surface area contributed by atoms with Crippen LogP contribution in [-0.2, 0) is 0 Å². The molecular formula is C16H26ClNO3. The van der Waals surface area contributed by atoms with Crippen LogP contribution in [0.3, 0.4) is 0 Å². The van der Waals surface area contributed by atoms with Crippen molar-refractivity contribution >= 4 is 12.4 Å². The van der Waals surface area contributed by atoms with E-state index in [1.54, 1.807) is 0 Å². The van der Waals surface area contributed by atoms with E-state index in [4.69, 9.17) is 9.47 Å². The molecule has 0 aliphatic carbocycles. The van der Waals surface area contributed by atoms with Crippen LogP contribution in [0.4, 0.5) is 0 Å². The zero-order valence-electron chi connectivity index (χ0n) is 13.0. The first-order valence-electron chi connectivity index (χ1n) is 7.45. The van der Waals surface area contributed by atoms with E-state index in [0.29, 0.717) is 13.2 Å². The lowest BCUT2D eigenvalue weighted by Crippen LogP contribution is -2.33. The summed E-state index contributed by atoms with van der Waals surface area (Å²) < 4.78 is 11.4. The topological polar surface area (TPSA) is 50.7 Å². The molecular weight excluding hydrogens is 290 g/mol. The van der Waals surface area contributed by atoms with E-state index in [-0.39, 0.29) is 30.7 Å². The second-order valence-corrected chi connectivity index (χ2v) is 5.53. The summed E-state index contributed by atoms with van der Waals surface area (Å²) in [6.07, 6.45) is 1.54. The van der Waals surface area contributed by atoms with Crippen LogP contribution in [0.15, 0.2) is 18.2 Å². The first-order chi connectivity index (χ1) is 9.60. The molecule has 0 bridgehead atoms. The maximum atomic E-state index is 9.69. The summed E-state index contributed by atoms with van der Waals surface area (Å²) in [6, 6.07) is 6.18. The van der Waals surface area contributed by atoms with Gasteiger partial charge in [0, 0.05) is 24.6 Å². The van der Waals surface area contributed by atoms with Crippen LogP contribution in [-0.4, -0.2) is 30.5 Å². The van der Waals surface area contributed by atoms with Gasteiger partial charge in [-0.2, -0.15) is 0 Å². The van der Waals surface area contributed by atoms with Crippen molar-refractivity contribution in [2.75, 3.05) is 13.2 Å². The van der Waals surface area contributed by atoms with Gasteiger partial charge in [0.2, 0.25) is 0 Å². The summed E-state index contributed by atoms with van der Waals surface area (Å²) in [6.45, 7) is 7.33. The third-order valence-electron chi connectivity index (χ3n) is 3.46. The Bertz CT molecular complexity index is 440. The average molecular weight is 316 g/mol. The Labute approximate surface area is 133 Å². The minimum absolute atomic E-state index is 0. The van der Waals surface area contributed by atoms with Crippen molar-refractivity contribution in [3.05, 3.63) is 23.8 Å². The molecule has 2 atom stereocenters. The monoisotopic (exact) mass is 315 g/mol. The third kappa shape index (κ3) is 5.06. The van der Waals surface area contributed by atoms with Crippen LogP contribution in [0.5, 0.6) is 11.5 Å². The predicted octanol–water partition coefficient (Wildman–Crippen LogP) is 3.08. The number of hydrogen-bond acceptors (Lipinski definition) is 4. The highest BCUT2D eigenvalue weighted by Crippen LogP contribution is 2.35. The van der Waals surface area contributed by atoms with Gasteiger partial charge in [0.1, 0.15) is 11.5 Å². The van der Waals surface area contributed by atoms with E-state index in [1.807, 2.05) is 39.0 Å². The number of benzene rings is 1. The zero-order chi connectivity index (χ0) is 14.5. The van der Waals surface area contributed by atoms with Crippen LogP contribution in [0.25, 0.3) is 0 Å². The van der Waals surface area contributed by atoms with Crippen molar-refractivity contribution in [3.63, 3.8) is 0 Å². The largest absolute Gasteiger partial charge is 0.493 e. The Hall–Kier alpha value is -0.970. The summed E-state index contributed by atoms with van der Waals surface area (Å²) >= 11 is 0. The maximum Gasteiger partial charge on any atom is 0.124 e. The number of hydrogen-bond donors (Lipinski definition) is 2. The number of fused-ring (bicyclic) bond motifs is 1. The van der Waals surface area contributed by atoms with Gasteiger partial charge in [-0.05, 0) is 38.5 Å². The lowest BCUT2D eigenvalue weighted by Gasteiger charge is -2.28. The highest BCUT2D eigenvalue weighted by Gasteiger charge is 2.22. The van der Waals surface area contributed by atoms with Gasteiger partial charge in [-0.15, -0.1) is 12.4 Å². The summed E-state index contributed by atoms with van der Waals surface area (Å²) in [5.74, 6) is 1.78. The molecule has 5 heteroatoms. The fraction of sp³-hybridized carbons (Fsp3) is 0.625. The molecule has 1 aromatic carbocycles. The Morgan fingerprint density at radius 3 is 2.86 bits per heavy atom. The predicted molar refractivity (Wildman–Crippen MR) is 86.6 cm³/mol. The molecule has 1 heterocycles. The smallest absolute Gasteiger partial charge is 0.124 e. The Balaban J connectivity index is 0.00000220. The molecule has 1 unspecified atom stereocenters. The van der Waals surface area contributed by atoms with Gasteiger partial charge in [0.15, 0.2) is 0 Å².